The fourth-order valence-electron chi connectivity index (χ4n) is 4.82. The summed E-state index contributed by atoms with van der Waals surface area (Å²) in [6, 6.07) is 41.5. The van der Waals surface area contributed by atoms with Crippen molar-refractivity contribution < 1.29 is 23.8 Å². The molecule has 0 saturated carbocycles. The minimum Gasteiger partial charge on any atom is -0.488 e. The van der Waals surface area contributed by atoms with E-state index in [0.717, 1.165) is 21.9 Å². The summed E-state index contributed by atoms with van der Waals surface area (Å²) in [6.45, 7) is 0.516. The van der Waals surface area contributed by atoms with Crippen molar-refractivity contribution in [1.82, 2.24) is 0 Å². The van der Waals surface area contributed by atoms with Crippen LogP contribution in [0.5, 0.6) is 11.5 Å². The molecule has 200 valence electrons. The van der Waals surface area contributed by atoms with Gasteiger partial charge < -0.3 is 14.2 Å². The highest BCUT2D eigenvalue weighted by molar-refractivity contribution is 6.15. The van der Waals surface area contributed by atoms with Crippen LogP contribution in [0.15, 0.2) is 133 Å². The number of esters is 2. The summed E-state index contributed by atoms with van der Waals surface area (Å²) >= 11 is 0. The molecular weight excluding hydrogens is 512 g/mol. The van der Waals surface area contributed by atoms with Crippen molar-refractivity contribution in [3.63, 3.8) is 0 Å². The van der Waals surface area contributed by atoms with Crippen LogP contribution in [-0.2, 0) is 18.0 Å². The lowest BCUT2D eigenvalue weighted by molar-refractivity contribution is 0.0395. The van der Waals surface area contributed by atoms with E-state index in [1.165, 1.54) is 0 Å². The fraction of sp³-hybridized carbons (Fsp3) is 0.0556. The van der Waals surface area contributed by atoms with Gasteiger partial charge in [0.15, 0.2) is 0 Å². The Morgan fingerprint density at radius 2 is 0.829 bits per heavy atom. The molecule has 0 atom stereocenters. The van der Waals surface area contributed by atoms with E-state index in [4.69, 9.17) is 14.2 Å². The molecule has 0 aliphatic heterocycles. The van der Waals surface area contributed by atoms with Crippen LogP contribution in [0.3, 0.4) is 0 Å². The first kappa shape index (κ1) is 25.8. The predicted molar refractivity (Wildman–Crippen MR) is 159 cm³/mol. The zero-order valence-electron chi connectivity index (χ0n) is 22.2. The van der Waals surface area contributed by atoms with Crippen LogP contribution in [0.4, 0.5) is 0 Å². The van der Waals surface area contributed by atoms with Crippen LogP contribution in [-0.4, -0.2) is 11.9 Å². The summed E-state index contributed by atoms with van der Waals surface area (Å²) in [5, 5.41) is 2.93. The highest BCUT2D eigenvalue weighted by Gasteiger charge is 2.25. The van der Waals surface area contributed by atoms with Gasteiger partial charge in [0, 0.05) is 0 Å². The zero-order chi connectivity index (χ0) is 28.0. The Bertz CT molecular complexity index is 1710. The Morgan fingerprint density at radius 3 is 1.27 bits per heavy atom. The Morgan fingerprint density at radius 1 is 0.439 bits per heavy atom. The first-order valence-electron chi connectivity index (χ1n) is 13.3. The van der Waals surface area contributed by atoms with Crippen molar-refractivity contribution in [1.29, 1.82) is 0 Å². The maximum atomic E-state index is 13.7. The van der Waals surface area contributed by atoms with Crippen LogP contribution in [0, 0.1) is 0 Å². The third-order valence-electron chi connectivity index (χ3n) is 6.85. The molecule has 0 aromatic heterocycles. The van der Waals surface area contributed by atoms with Gasteiger partial charge in [-0.05, 0) is 44.8 Å². The first-order chi connectivity index (χ1) is 20.2. The number of rotatable bonds is 8. The van der Waals surface area contributed by atoms with Gasteiger partial charge in [0.2, 0.25) is 0 Å². The zero-order valence-corrected chi connectivity index (χ0v) is 22.2. The molecule has 6 aromatic carbocycles. The standard InChI is InChI=1S/C36H26O5/c37-35(33-29-17-9-7-15-27(29)19-21-31(33)39-23-25-11-3-1-4-12-25)41-36(38)34-30-18-10-8-16-28(30)20-22-32(34)40-24-26-13-5-2-6-14-26/h1-22H,23-24H2. The van der Waals surface area contributed by atoms with Crippen LogP contribution in [0.1, 0.15) is 31.8 Å². The van der Waals surface area contributed by atoms with Crippen molar-refractivity contribution in [2.45, 2.75) is 13.2 Å². The van der Waals surface area contributed by atoms with Gasteiger partial charge in [0.1, 0.15) is 35.8 Å². The minimum absolute atomic E-state index is 0.194. The molecule has 0 saturated heterocycles. The Labute approximate surface area is 237 Å². The minimum atomic E-state index is -0.795. The van der Waals surface area contributed by atoms with Gasteiger partial charge in [-0.25, -0.2) is 9.59 Å². The average molecular weight is 539 g/mol. The summed E-state index contributed by atoms with van der Waals surface area (Å²) in [6.07, 6.45) is 0. The molecule has 5 nitrogen and oxygen atoms in total. The van der Waals surface area contributed by atoms with E-state index < -0.39 is 11.9 Å². The molecule has 6 rings (SSSR count). The smallest absolute Gasteiger partial charge is 0.350 e. The van der Waals surface area contributed by atoms with E-state index in [0.29, 0.717) is 22.3 Å². The molecule has 0 amide bonds. The topological polar surface area (TPSA) is 61.8 Å². The van der Waals surface area contributed by atoms with Crippen molar-refractivity contribution >= 4 is 33.5 Å². The molecule has 0 unspecified atom stereocenters. The van der Waals surface area contributed by atoms with E-state index in [1.54, 1.807) is 12.1 Å². The molecule has 0 radical (unpaired) electrons. The molecule has 6 aromatic rings. The summed E-state index contributed by atoms with van der Waals surface area (Å²) < 4.78 is 17.8. The van der Waals surface area contributed by atoms with E-state index in [9.17, 15) is 9.59 Å². The molecule has 0 N–H and O–H groups in total. The van der Waals surface area contributed by atoms with Crippen LogP contribution < -0.4 is 9.47 Å². The third-order valence-corrected chi connectivity index (χ3v) is 6.85. The van der Waals surface area contributed by atoms with Gasteiger partial charge in [-0.2, -0.15) is 0 Å². The van der Waals surface area contributed by atoms with Gasteiger partial charge >= 0.3 is 11.9 Å². The van der Waals surface area contributed by atoms with Crippen LogP contribution in [0.25, 0.3) is 21.5 Å². The molecule has 0 fully saturated rings. The molecule has 0 bridgehead atoms. The second-order valence-corrected chi connectivity index (χ2v) is 9.55. The van der Waals surface area contributed by atoms with E-state index in [1.807, 2.05) is 121 Å². The normalized spacial score (nSPS) is 10.8. The quantitative estimate of drug-likeness (QED) is 0.145. The Hall–Kier alpha value is -5.42. The van der Waals surface area contributed by atoms with Gasteiger partial charge in [0.25, 0.3) is 0 Å². The Kier molecular flexibility index (Phi) is 7.41. The lowest BCUT2D eigenvalue weighted by atomic mass is 10.0. The number of fused-ring (bicyclic) bond motifs is 2. The molecule has 0 spiro atoms. The van der Waals surface area contributed by atoms with Crippen molar-refractivity contribution in [3.05, 3.63) is 156 Å². The summed E-state index contributed by atoms with van der Waals surface area (Å²) in [5.41, 5.74) is 2.29. The second kappa shape index (κ2) is 11.8. The first-order valence-corrected chi connectivity index (χ1v) is 13.3. The van der Waals surface area contributed by atoms with Crippen molar-refractivity contribution in [2.75, 3.05) is 0 Å². The average Bonchev–Trinajstić information content (AvgIpc) is 3.03. The number of carbonyl (C=O) groups is 2. The van der Waals surface area contributed by atoms with Gasteiger partial charge in [-0.15, -0.1) is 0 Å². The van der Waals surface area contributed by atoms with E-state index >= 15 is 0 Å². The molecule has 0 aliphatic rings. The number of hydrogen-bond donors (Lipinski definition) is 0. The fourth-order valence-corrected chi connectivity index (χ4v) is 4.82. The van der Waals surface area contributed by atoms with Crippen LogP contribution >= 0.6 is 0 Å². The van der Waals surface area contributed by atoms with Gasteiger partial charge in [0.05, 0.1) is 0 Å². The summed E-state index contributed by atoms with van der Waals surface area (Å²) in [5.74, 6) is -0.916. The second-order valence-electron chi connectivity index (χ2n) is 9.55. The van der Waals surface area contributed by atoms with Crippen molar-refractivity contribution in [2.24, 2.45) is 0 Å². The van der Waals surface area contributed by atoms with Gasteiger partial charge in [-0.3, -0.25) is 0 Å². The molecule has 0 heterocycles. The highest BCUT2D eigenvalue weighted by Crippen LogP contribution is 2.33. The molecule has 41 heavy (non-hydrogen) atoms. The molecular formula is C36H26O5. The van der Waals surface area contributed by atoms with Gasteiger partial charge in [-0.1, -0.05) is 121 Å². The van der Waals surface area contributed by atoms with E-state index in [-0.39, 0.29) is 24.3 Å². The summed E-state index contributed by atoms with van der Waals surface area (Å²) in [4.78, 5) is 27.5. The Balaban J connectivity index is 1.34. The third kappa shape index (κ3) is 5.65. The van der Waals surface area contributed by atoms with E-state index in [2.05, 4.69) is 0 Å². The number of hydrogen-bond acceptors (Lipinski definition) is 5. The predicted octanol–water partition coefficient (Wildman–Crippen LogP) is 8.15. The lowest BCUT2D eigenvalue weighted by Gasteiger charge is -2.16. The molecule has 5 heteroatoms. The number of benzene rings is 6. The molecule has 0 aliphatic carbocycles. The highest BCUT2D eigenvalue weighted by atomic mass is 16.6. The number of ether oxygens (including phenoxy) is 3. The monoisotopic (exact) mass is 538 g/mol. The lowest BCUT2D eigenvalue weighted by Crippen LogP contribution is -2.16. The SMILES string of the molecule is O=C(OC(=O)c1c(OCc2ccccc2)ccc2ccccc12)c1c(OCc2ccccc2)ccc2ccccc12. The summed E-state index contributed by atoms with van der Waals surface area (Å²) in [7, 11) is 0. The maximum Gasteiger partial charge on any atom is 0.350 e. The largest absolute Gasteiger partial charge is 0.488 e. The van der Waals surface area contributed by atoms with Crippen LogP contribution in [0.2, 0.25) is 0 Å². The number of carbonyl (C=O) groups excluding carboxylic acids is 2. The van der Waals surface area contributed by atoms with Crippen molar-refractivity contribution in [3.8, 4) is 11.5 Å². The maximum absolute atomic E-state index is 13.7.